The number of hydrogen-bond acceptors (Lipinski definition) is 4. The Hall–Kier alpha value is -3.84. The molecule has 6 nitrogen and oxygen atoms in total. The molecule has 3 aromatic carbocycles. The van der Waals surface area contributed by atoms with Crippen molar-refractivity contribution < 1.29 is 4.79 Å². The molecule has 1 heterocycles. The molecule has 4 aromatic rings. The fraction of sp³-hybridized carbons (Fsp3) is 0.120. The first-order valence-electron chi connectivity index (χ1n) is 10.2. The fourth-order valence-corrected chi connectivity index (χ4v) is 3.70. The van der Waals surface area contributed by atoms with Gasteiger partial charge in [-0.3, -0.25) is 14.2 Å². The summed E-state index contributed by atoms with van der Waals surface area (Å²) in [5, 5.41) is 6.42. The van der Waals surface area contributed by atoms with Gasteiger partial charge >= 0.3 is 0 Å². The predicted octanol–water partition coefficient (Wildman–Crippen LogP) is 4.28. The molecule has 0 atom stereocenters. The molecule has 0 aliphatic rings. The van der Waals surface area contributed by atoms with E-state index in [-0.39, 0.29) is 29.5 Å². The van der Waals surface area contributed by atoms with Gasteiger partial charge in [-0.2, -0.15) is 0 Å². The molecule has 160 valence electrons. The number of carbonyl (C=O) groups excluding carboxylic acids is 1. The first-order valence-corrected chi connectivity index (χ1v) is 10.6. The first-order chi connectivity index (χ1) is 15.5. The zero-order chi connectivity index (χ0) is 22.5. The van der Waals surface area contributed by atoms with Crippen LogP contribution in [0.1, 0.15) is 12.0 Å². The van der Waals surface area contributed by atoms with Crippen LogP contribution < -0.4 is 16.2 Å². The number of nitrogens with zero attached hydrogens (tertiary/aromatic N) is 2. The van der Waals surface area contributed by atoms with E-state index in [4.69, 9.17) is 17.2 Å². The summed E-state index contributed by atoms with van der Waals surface area (Å²) in [7, 11) is 0. The number of amides is 1. The van der Waals surface area contributed by atoms with Crippen LogP contribution in [-0.2, 0) is 11.3 Å². The Labute approximate surface area is 190 Å². The zero-order valence-corrected chi connectivity index (χ0v) is 18.4. The van der Waals surface area contributed by atoms with Crippen LogP contribution in [0.4, 0.5) is 5.69 Å². The van der Waals surface area contributed by atoms with Crippen molar-refractivity contribution in [3.63, 3.8) is 0 Å². The Morgan fingerprint density at radius 1 is 1.00 bits per heavy atom. The summed E-state index contributed by atoms with van der Waals surface area (Å²) in [5.41, 5.74) is 3.15. The molecule has 7 heteroatoms. The number of benzene rings is 3. The maximum Gasteiger partial charge on any atom is 0.261 e. The van der Waals surface area contributed by atoms with Gasteiger partial charge in [0.05, 0.1) is 10.9 Å². The SMILES string of the molecule is Cc1cccc(NC(=S)NC(=O)CCn2c(-c3ccccc3)nc3ccccc3c2=O)c1. The van der Waals surface area contributed by atoms with E-state index >= 15 is 0 Å². The van der Waals surface area contributed by atoms with Crippen molar-refractivity contribution in [3.05, 3.63) is 94.8 Å². The van der Waals surface area contributed by atoms with Gasteiger partial charge < -0.3 is 10.6 Å². The van der Waals surface area contributed by atoms with Crippen molar-refractivity contribution >= 4 is 39.8 Å². The molecule has 2 N–H and O–H groups in total. The smallest absolute Gasteiger partial charge is 0.261 e. The molecule has 0 fully saturated rings. The number of carbonyl (C=O) groups is 1. The molecule has 0 saturated heterocycles. The fourth-order valence-electron chi connectivity index (χ4n) is 3.47. The molecule has 0 spiro atoms. The number of aryl methyl sites for hydroxylation is 1. The molecule has 0 saturated carbocycles. The predicted molar refractivity (Wildman–Crippen MR) is 132 cm³/mol. The molecular weight excluding hydrogens is 420 g/mol. The Morgan fingerprint density at radius 2 is 1.75 bits per heavy atom. The first kappa shape index (κ1) is 21.4. The zero-order valence-electron chi connectivity index (χ0n) is 17.5. The van der Waals surface area contributed by atoms with Crippen LogP contribution in [0.5, 0.6) is 0 Å². The molecule has 32 heavy (non-hydrogen) atoms. The van der Waals surface area contributed by atoms with Crippen molar-refractivity contribution in [3.8, 4) is 11.4 Å². The highest BCUT2D eigenvalue weighted by Crippen LogP contribution is 2.19. The van der Waals surface area contributed by atoms with Crippen LogP contribution in [0, 0.1) is 6.92 Å². The third kappa shape index (κ3) is 4.90. The molecular formula is C25H22N4O2S. The molecule has 1 aromatic heterocycles. The summed E-state index contributed by atoms with van der Waals surface area (Å²) < 4.78 is 1.55. The van der Waals surface area contributed by atoms with Crippen LogP contribution in [0.3, 0.4) is 0 Å². The van der Waals surface area contributed by atoms with E-state index in [0.717, 1.165) is 16.8 Å². The van der Waals surface area contributed by atoms with Gasteiger partial charge in [-0.25, -0.2) is 4.98 Å². The number of anilines is 1. The van der Waals surface area contributed by atoms with Crippen molar-refractivity contribution in [2.75, 3.05) is 5.32 Å². The van der Waals surface area contributed by atoms with Gasteiger partial charge in [0.15, 0.2) is 5.11 Å². The quantitative estimate of drug-likeness (QED) is 0.452. The van der Waals surface area contributed by atoms with Gasteiger partial charge in [0, 0.05) is 24.2 Å². The van der Waals surface area contributed by atoms with Gasteiger partial charge in [0.2, 0.25) is 5.91 Å². The van der Waals surface area contributed by atoms with E-state index in [1.54, 1.807) is 16.7 Å². The largest absolute Gasteiger partial charge is 0.332 e. The Bertz CT molecular complexity index is 1350. The normalized spacial score (nSPS) is 10.7. The average molecular weight is 443 g/mol. The van der Waals surface area contributed by atoms with E-state index in [1.807, 2.05) is 73.7 Å². The summed E-state index contributed by atoms with van der Waals surface area (Å²) in [6.45, 7) is 2.16. The Morgan fingerprint density at radius 3 is 2.53 bits per heavy atom. The lowest BCUT2D eigenvalue weighted by Gasteiger charge is -2.14. The van der Waals surface area contributed by atoms with E-state index in [9.17, 15) is 9.59 Å². The number of fused-ring (bicyclic) bond motifs is 1. The number of hydrogen-bond donors (Lipinski definition) is 2. The summed E-state index contributed by atoms with van der Waals surface area (Å²) in [6, 6.07) is 24.4. The third-order valence-corrected chi connectivity index (χ3v) is 5.19. The molecule has 1 amide bonds. The standard InChI is InChI=1S/C25H22N4O2S/c1-17-8-7-11-19(16-17)26-25(32)28-22(30)14-15-29-23(18-9-3-2-4-10-18)27-21-13-6-5-12-20(21)24(29)31/h2-13,16H,14-15H2,1H3,(H2,26,28,30,32). The van der Waals surface area contributed by atoms with E-state index in [2.05, 4.69) is 10.6 Å². The number of rotatable bonds is 5. The number of nitrogens with one attached hydrogen (secondary N) is 2. The van der Waals surface area contributed by atoms with Gasteiger partial charge in [-0.1, -0.05) is 54.6 Å². The lowest BCUT2D eigenvalue weighted by atomic mass is 10.1. The second-order valence-corrected chi connectivity index (χ2v) is 7.81. The minimum atomic E-state index is -0.283. The lowest BCUT2D eigenvalue weighted by molar-refractivity contribution is -0.119. The Balaban J connectivity index is 1.53. The maximum absolute atomic E-state index is 13.2. The number of aromatic nitrogens is 2. The minimum Gasteiger partial charge on any atom is -0.332 e. The highest BCUT2D eigenvalue weighted by Gasteiger charge is 2.14. The maximum atomic E-state index is 13.2. The highest BCUT2D eigenvalue weighted by atomic mass is 32.1. The lowest BCUT2D eigenvalue weighted by Crippen LogP contribution is -2.35. The number of para-hydroxylation sites is 1. The van der Waals surface area contributed by atoms with Gasteiger partial charge in [0.1, 0.15) is 5.82 Å². The highest BCUT2D eigenvalue weighted by molar-refractivity contribution is 7.80. The second-order valence-electron chi connectivity index (χ2n) is 7.40. The summed E-state index contributed by atoms with van der Waals surface area (Å²) in [6.07, 6.45) is 0.0788. The summed E-state index contributed by atoms with van der Waals surface area (Å²) in [5.74, 6) is 0.247. The van der Waals surface area contributed by atoms with Crippen molar-refractivity contribution in [2.45, 2.75) is 19.9 Å². The Kier molecular flexibility index (Phi) is 6.37. The third-order valence-electron chi connectivity index (χ3n) is 4.98. The van der Waals surface area contributed by atoms with Crippen molar-refractivity contribution in [1.82, 2.24) is 14.9 Å². The molecule has 0 aliphatic heterocycles. The number of thiocarbonyl (C=S) groups is 1. The molecule has 0 radical (unpaired) electrons. The van der Waals surface area contributed by atoms with Crippen LogP contribution in [0.25, 0.3) is 22.3 Å². The van der Waals surface area contributed by atoms with Crippen molar-refractivity contribution in [2.24, 2.45) is 0 Å². The molecule has 0 unspecified atom stereocenters. The van der Waals surface area contributed by atoms with Gasteiger partial charge in [-0.15, -0.1) is 0 Å². The monoisotopic (exact) mass is 442 g/mol. The van der Waals surface area contributed by atoms with Crippen LogP contribution in [0.2, 0.25) is 0 Å². The van der Waals surface area contributed by atoms with Crippen LogP contribution in [0.15, 0.2) is 83.7 Å². The van der Waals surface area contributed by atoms with Crippen LogP contribution in [-0.4, -0.2) is 20.6 Å². The topological polar surface area (TPSA) is 76.0 Å². The minimum absolute atomic E-state index is 0.0788. The second kappa shape index (κ2) is 9.53. The summed E-state index contributed by atoms with van der Waals surface area (Å²) in [4.78, 5) is 30.4. The van der Waals surface area contributed by atoms with E-state index in [0.29, 0.717) is 16.7 Å². The van der Waals surface area contributed by atoms with Crippen LogP contribution >= 0.6 is 12.2 Å². The summed E-state index contributed by atoms with van der Waals surface area (Å²) >= 11 is 5.25. The molecule has 4 rings (SSSR count). The average Bonchev–Trinajstić information content (AvgIpc) is 2.79. The van der Waals surface area contributed by atoms with E-state index in [1.165, 1.54) is 0 Å². The van der Waals surface area contributed by atoms with Crippen molar-refractivity contribution in [1.29, 1.82) is 0 Å². The van der Waals surface area contributed by atoms with Gasteiger partial charge in [-0.05, 0) is 49.0 Å². The molecule has 0 bridgehead atoms. The molecule has 0 aliphatic carbocycles. The van der Waals surface area contributed by atoms with E-state index < -0.39 is 0 Å². The van der Waals surface area contributed by atoms with Gasteiger partial charge in [0.25, 0.3) is 5.56 Å².